The molecule has 1 fully saturated rings. The highest BCUT2D eigenvalue weighted by molar-refractivity contribution is 6.36. The molecule has 0 atom stereocenters. The zero-order chi connectivity index (χ0) is 22.9. The summed E-state index contributed by atoms with van der Waals surface area (Å²) < 4.78 is 13.2. The average molecular weight is 480 g/mol. The number of hydrogen-bond acceptors (Lipinski definition) is 3. The first-order valence-corrected chi connectivity index (χ1v) is 11.4. The molecule has 0 radical (unpaired) electrons. The number of carbonyl (C=O) groups excluding carboxylic acids is 1. The lowest BCUT2D eigenvalue weighted by Crippen LogP contribution is -2.48. The van der Waals surface area contributed by atoms with E-state index in [2.05, 4.69) is 4.90 Å². The van der Waals surface area contributed by atoms with E-state index < -0.39 is 0 Å². The van der Waals surface area contributed by atoms with Gasteiger partial charge in [-0.25, -0.2) is 9.37 Å². The number of piperazine rings is 1. The van der Waals surface area contributed by atoms with Gasteiger partial charge in [-0.15, -0.1) is 0 Å². The molecule has 0 aliphatic carbocycles. The maximum Gasteiger partial charge on any atom is 0.254 e. The fraction of sp³-hybridized carbons (Fsp3) is 0.154. The summed E-state index contributed by atoms with van der Waals surface area (Å²) in [4.78, 5) is 22.4. The highest BCUT2D eigenvalue weighted by Gasteiger charge is 2.25. The number of halogens is 3. The highest BCUT2D eigenvalue weighted by atomic mass is 35.5. The van der Waals surface area contributed by atoms with E-state index in [0.29, 0.717) is 47.5 Å². The molecule has 1 saturated heterocycles. The zero-order valence-corrected chi connectivity index (χ0v) is 19.2. The minimum Gasteiger partial charge on any atom is -0.368 e. The van der Waals surface area contributed by atoms with Crippen molar-refractivity contribution in [2.24, 2.45) is 0 Å². The number of pyridine rings is 1. The first kappa shape index (κ1) is 21.7. The summed E-state index contributed by atoms with van der Waals surface area (Å²) in [5.41, 5.74) is 3.63. The Bertz CT molecular complexity index is 1340. The number of hydrogen-bond donors (Lipinski definition) is 0. The monoisotopic (exact) mass is 479 g/mol. The first-order chi connectivity index (χ1) is 16.0. The maximum atomic E-state index is 13.6. The SMILES string of the molecule is O=C(c1cc(-c2ccc(Cl)cc2Cl)nc2ccccc12)N1CCN(c2ccc(F)cc2)CC1. The predicted octanol–water partition coefficient (Wildman–Crippen LogP) is 6.31. The van der Waals surface area contributed by atoms with E-state index in [9.17, 15) is 9.18 Å². The van der Waals surface area contributed by atoms with Crippen LogP contribution in [0.3, 0.4) is 0 Å². The number of para-hydroxylation sites is 1. The van der Waals surface area contributed by atoms with Crippen molar-refractivity contribution < 1.29 is 9.18 Å². The van der Waals surface area contributed by atoms with Crippen LogP contribution in [0.25, 0.3) is 22.2 Å². The van der Waals surface area contributed by atoms with Gasteiger partial charge in [-0.3, -0.25) is 4.79 Å². The Morgan fingerprint density at radius 1 is 0.879 bits per heavy atom. The average Bonchev–Trinajstić information content (AvgIpc) is 2.83. The lowest BCUT2D eigenvalue weighted by molar-refractivity contribution is 0.0748. The topological polar surface area (TPSA) is 36.4 Å². The van der Waals surface area contributed by atoms with Crippen LogP contribution in [0.15, 0.2) is 72.8 Å². The van der Waals surface area contributed by atoms with Gasteiger partial charge in [0, 0.05) is 47.8 Å². The Morgan fingerprint density at radius 3 is 2.33 bits per heavy atom. The number of benzene rings is 3. The molecule has 0 unspecified atom stereocenters. The molecule has 5 rings (SSSR count). The van der Waals surface area contributed by atoms with Gasteiger partial charge in [0.25, 0.3) is 5.91 Å². The van der Waals surface area contributed by atoms with E-state index in [-0.39, 0.29) is 11.7 Å². The van der Waals surface area contributed by atoms with Gasteiger partial charge in [-0.05, 0) is 54.6 Å². The van der Waals surface area contributed by atoms with Crippen LogP contribution in [0.4, 0.5) is 10.1 Å². The molecule has 1 aliphatic heterocycles. The van der Waals surface area contributed by atoms with Crippen molar-refractivity contribution >= 4 is 45.7 Å². The van der Waals surface area contributed by atoms with E-state index >= 15 is 0 Å². The normalized spacial score (nSPS) is 14.0. The van der Waals surface area contributed by atoms with E-state index in [1.807, 2.05) is 41.3 Å². The standard InChI is InChI=1S/C26H20Cl2FN3O/c27-17-5-10-21(23(28)15-17)25-16-22(20-3-1-2-4-24(20)30-25)26(33)32-13-11-31(12-14-32)19-8-6-18(29)7-9-19/h1-10,15-16H,11-14H2. The fourth-order valence-electron chi connectivity index (χ4n) is 4.18. The molecule has 1 aliphatic rings. The smallest absolute Gasteiger partial charge is 0.254 e. The van der Waals surface area contributed by atoms with Gasteiger partial charge in [0.1, 0.15) is 5.82 Å². The van der Waals surface area contributed by atoms with Crippen LogP contribution in [-0.2, 0) is 0 Å². The van der Waals surface area contributed by atoms with Crippen molar-refractivity contribution in [3.05, 3.63) is 94.2 Å². The lowest BCUT2D eigenvalue weighted by Gasteiger charge is -2.36. The molecule has 1 amide bonds. The molecule has 0 saturated carbocycles. The summed E-state index contributed by atoms with van der Waals surface area (Å²) >= 11 is 12.5. The van der Waals surface area contributed by atoms with Gasteiger partial charge in [0.05, 0.1) is 21.8 Å². The molecule has 166 valence electrons. The van der Waals surface area contributed by atoms with Crippen LogP contribution < -0.4 is 4.90 Å². The van der Waals surface area contributed by atoms with Crippen LogP contribution in [0.5, 0.6) is 0 Å². The third kappa shape index (κ3) is 4.39. The molecule has 0 spiro atoms. The molecule has 0 N–H and O–H groups in total. The molecular formula is C26H20Cl2FN3O. The van der Waals surface area contributed by atoms with Crippen molar-refractivity contribution in [3.8, 4) is 11.3 Å². The molecule has 3 aromatic carbocycles. The number of fused-ring (bicyclic) bond motifs is 1. The lowest BCUT2D eigenvalue weighted by atomic mass is 10.0. The molecule has 1 aromatic heterocycles. The number of carbonyl (C=O) groups is 1. The second-order valence-electron chi connectivity index (χ2n) is 7.95. The summed E-state index contributed by atoms with van der Waals surface area (Å²) in [7, 11) is 0. The van der Waals surface area contributed by atoms with E-state index in [4.69, 9.17) is 28.2 Å². The van der Waals surface area contributed by atoms with Crippen LogP contribution in [0.2, 0.25) is 10.0 Å². The van der Waals surface area contributed by atoms with Gasteiger partial charge in [0.15, 0.2) is 0 Å². The van der Waals surface area contributed by atoms with Gasteiger partial charge < -0.3 is 9.80 Å². The van der Waals surface area contributed by atoms with Gasteiger partial charge in [-0.1, -0.05) is 41.4 Å². The summed E-state index contributed by atoms with van der Waals surface area (Å²) in [6.45, 7) is 2.50. The maximum absolute atomic E-state index is 13.6. The molecule has 2 heterocycles. The third-order valence-electron chi connectivity index (χ3n) is 5.91. The van der Waals surface area contributed by atoms with E-state index in [1.54, 1.807) is 24.3 Å². The molecular weight excluding hydrogens is 460 g/mol. The summed E-state index contributed by atoms with van der Waals surface area (Å²) in [6, 6.07) is 21.1. The predicted molar refractivity (Wildman–Crippen MR) is 132 cm³/mol. The van der Waals surface area contributed by atoms with Crippen LogP contribution in [0.1, 0.15) is 10.4 Å². The highest BCUT2D eigenvalue weighted by Crippen LogP contribution is 2.32. The summed E-state index contributed by atoms with van der Waals surface area (Å²) in [5, 5.41) is 1.83. The Labute approximate surface area is 201 Å². The molecule has 7 heteroatoms. The quantitative estimate of drug-likeness (QED) is 0.345. The van der Waals surface area contributed by atoms with Crippen molar-refractivity contribution in [3.63, 3.8) is 0 Å². The number of aromatic nitrogens is 1. The molecule has 4 nitrogen and oxygen atoms in total. The summed E-state index contributed by atoms with van der Waals surface area (Å²) in [5.74, 6) is -0.299. The number of amides is 1. The Kier molecular flexibility index (Phi) is 5.92. The van der Waals surface area contributed by atoms with Crippen molar-refractivity contribution in [1.29, 1.82) is 0 Å². The number of nitrogens with zero attached hydrogens (tertiary/aromatic N) is 3. The van der Waals surface area contributed by atoms with E-state index in [0.717, 1.165) is 22.2 Å². The van der Waals surface area contributed by atoms with Crippen LogP contribution >= 0.6 is 23.2 Å². The fourth-order valence-corrected chi connectivity index (χ4v) is 4.68. The minimum atomic E-state index is -0.256. The molecule has 0 bridgehead atoms. The Balaban J connectivity index is 1.45. The second-order valence-corrected chi connectivity index (χ2v) is 8.80. The van der Waals surface area contributed by atoms with Crippen molar-refractivity contribution in [2.45, 2.75) is 0 Å². The van der Waals surface area contributed by atoms with Crippen LogP contribution in [0, 0.1) is 5.82 Å². The summed E-state index contributed by atoms with van der Waals surface area (Å²) in [6.07, 6.45) is 0. The molecule has 33 heavy (non-hydrogen) atoms. The minimum absolute atomic E-state index is 0.0429. The Hall–Kier alpha value is -3.15. The van der Waals surface area contributed by atoms with Gasteiger partial charge in [0.2, 0.25) is 0 Å². The van der Waals surface area contributed by atoms with Crippen LogP contribution in [-0.4, -0.2) is 42.0 Å². The zero-order valence-electron chi connectivity index (χ0n) is 17.6. The second kappa shape index (κ2) is 9.00. The Morgan fingerprint density at radius 2 is 1.61 bits per heavy atom. The van der Waals surface area contributed by atoms with Gasteiger partial charge in [-0.2, -0.15) is 0 Å². The number of rotatable bonds is 3. The third-order valence-corrected chi connectivity index (χ3v) is 6.46. The van der Waals surface area contributed by atoms with Gasteiger partial charge >= 0.3 is 0 Å². The van der Waals surface area contributed by atoms with Crippen molar-refractivity contribution in [1.82, 2.24) is 9.88 Å². The largest absolute Gasteiger partial charge is 0.368 e. The number of anilines is 1. The molecule has 4 aromatic rings. The van der Waals surface area contributed by atoms with Crippen molar-refractivity contribution in [2.75, 3.05) is 31.1 Å². The van der Waals surface area contributed by atoms with E-state index in [1.165, 1.54) is 12.1 Å². The first-order valence-electron chi connectivity index (χ1n) is 10.6.